The topological polar surface area (TPSA) is 105 Å². The Morgan fingerprint density at radius 1 is 0.508 bits per heavy atom. The van der Waals surface area contributed by atoms with Crippen LogP contribution in [0.3, 0.4) is 0 Å². The van der Waals surface area contributed by atoms with Crippen LogP contribution in [0, 0.1) is 0 Å². The molecule has 59 heavy (non-hydrogen) atoms. The molecule has 3 N–H and O–H groups in total. The smallest absolute Gasteiger partial charge is 0.391 e. The van der Waals surface area contributed by atoms with Crippen LogP contribution in [-0.4, -0.2) is 73.4 Å². The standard InChI is InChI=1S/C50H103N2O6P/c1-6-8-10-12-14-16-18-20-21-22-23-24-25-26-27-28-29-30-32-34-36-38-40-42-44-50(54)51-48(47-58-59(55,56)57-46-45-52(3,4)5)49(53)43-41-39-37-35-33-31-19-17-15-13-11-9-7-2/h48-49,53H,6-47H2,1-5H3,(H-,51,54,55,56)/p+1. The SMILES string of the molecule is CCCCCCCCCCCCCCCCCCCCCCCCCCC(=O)NC(COP(=O)(O)OCC[N+](C)(C)C)C(O)CCCCCCCCCCCCCCC. The third-order valence-electron chi connectivity index (χ3n) is 12.1. The quantitative estimate of drug-likeness (QED) is 0.0320. The van der Waals surface area contributed by atoms with Gasteiger partial charge in [-0.1, -0.05) is 245 Å². The van der Waals surface area contributed by atoms with Crippen molar-refractivity contribution in [3.63, 3.8) is 0 Å². The molecule has 3 atom stereocenters. The third kappa shape index (κ3) is 45.3. The van der Waals surface area contributed by atoms with E-state index in [2.05, 4.69) is 19.2 Å². The summed E-state index contributed by atoms with van der Waals surface area (Å²) in [6, 6.07) is -0.753. The van der Waals surface area contributed by atoms with E-state index >= 15 is 0 Å². The number of rotatable bonds is 48. The molecule has 0 saturated carbocycles. The van der Waals surface area contributed by atoms with Crippen molar-refractivity contribution < 1.29 is 32.9 Å². The van der Waals surface area contributed by atoms with Gasteiger partial charge in [0, 0.05) is 6.42 Å². The molecule has 0 aromatic heterocycles. The molecule has 8 nitrogen and oxygen atoms in total. The lowest BCUT2D eigenvalue weighted by Crippen LogP contribution is -2.46. The van der Waals surface area contributed by atoms with E-state index in [-0.39, 0.29) is 19.1 Å². The van der Waals surface area contributed by atoms with Crippen LogP contribution in [0.25, 0.3) is 0 Å². The number of quaternary nitrogens is 1. The molecule has 3 unspecified atom stereocenters. The highest BCUT2D eigenvalue weighted by Crippen LogP contribution is 2.43. The largest absolute Gasteiger partial charge is 0.472 e. The number of unbranched alkanes of at least 4 members (excludes halogenated alkanes) is 35. The lowest BCUT2D eigenvalue weighted by Gasteiger charge is -2.26. The van der Waals surface area contributed by atoms with E-state index in [4.69, 9.17) is 9.05 Å². The van der Waals surface area contributed by atoms with Crippen molar-refractivity contribution in [2.75, 3.05) is 40.9 Å². The Morgan fingerprint density at radius 2 is 0.814 bits per heavy atom. The predicted molar refractivity (Wildman–Crippen MR) is 254 cm³/mol. The number of carbonyl (C=O) groups excluding carboxylic acids is 1. The van der Waals surface area contributed by atoms with Gasteiger partial charge in [0.15, 0.2) is 0 Å². The van der Waals surface area contributed by atoms with Gasteiger partial charge in [-0.2, -0.15) is 0 Å². The van der Waals surface area contributed by atoms with E-state index in [1.54, 1.807) is 0 Å². The zero-order valence-corrected chi connectivity index (χ0v) is 41.2. The van der Waals surface area contributed by atoms with Crippen molar-refractivity contribution in [3.8, 4) is 0 Å². The molecule has 0 aliphatic heterocycles. The first kappa shape index (κ1) is 58.5. The first-order chi connectivity index (χ1) is 28.5. The van der Waals surface area contributed by atoms with Crippen LogP contribution in [0.1, 0.15) is 264 Å². The van der Waals surface area contributed by atoms with Crippen LogP contribution < -0.4 is 5.32 Å². The normalized spacial score (nSPS) is 14.1. The molecule has 0 aromatic carbocycles. The minimum Gasteiger partial charge on any atom is -0.391 e. The van der Waals surface area contributed by atoms with E-state index in [0.29, 0.717) is 23.9 Å². The number of amides is 1. The van der Waals surface area contributed by atoms with Crippen molar-refractivity contribution >= 4 is 13.7 Å². The maximum atomic E-state index is 12.9. The monoisotopic (exact) mass is 860 g/mol. The number of nitrogens with zero attached hydrogens (tertiary/aromatic N) is 1. The van der Waals surface area contributed by atoms with Crippen LogP contribution in [0.2, 0.25) is 0 Å². The van der Waals surface area contributed by atoms with Crippen molar-refractivity contribution in [3.05, 3.63) is 0 Å². The molecule has 9 heteroatoms. The Hall–Kier alpha value is -0.500. The maximum Gasteiger partial charge on any atom is 0.472 e. The van der Waals surface area contributed by atoms with E-state index < -0.39 is 20.0 Å². The van der Waals surface area contributed by atoms with Gasteiger partial charge in [0.1, 0.15) is 13.2 Å². The van der Waals surface area contributed by atoms with Gasteiger partial charge in [-0.3, -0.25) is 13.8 Å². The molecule has 0 aliphatic rings. The molecule has 0 bridgehead atoms. The number of likely N-dealkylation sites (N-methyl/N-ethyl adjacent to an activating group) is 1. The number of nitrogens with one attached hydrogen (secondary N) is 1. The molecule has 0 heterocycles. The summed E-state index contributed by atoms with van der Waals surface area (Å²) in [7, 11) is 1.63. The fraction of sp³-hybridized carbons (Fsp3) is 0.980. The summed E-state index contributed by atoms with van der Waals surface area (Å²) in [5, 5.41) is 14.0. The summed E-state index contributed by atoms with van der Waals surface area (Å²) in [4.78, 5) is 23.2. The number of phosphoric ester groups is 1. The molecule has 0 radical (unpaired) electrons. The fourth-order valence-corrected chi connectivity index (χ4v) is 8.73. The summed E-state index contributed by atoms with van der Waals surface area (Å²) in [5.41, 5.74) is 0. The Kier molecular flexibility index (Phi) is 42.4. The number of hydrogen-bond donors (Lipinski definition) is 3. The second-order valence-corrected chi connectivity index (χ2v) is 20.7. The van der Waals surface area contributed by atoms with Crippen LogP contribution in [0.4, 0.5) is 0 Å². The van der Waals surface area contributed by atoms with E-state index in [1.807, 2.05) is 21.1 Å². The zero-order chi connectivity index (χ0) is 43.6. The second-order valence-electron chi connectivity index (χ2n) is 19.3. The molecular weight excluding hydrogens is 756 g/mol. The highest BCUT2D eigenvalue weighted by molar-refractivity contribution is 7.47. The van der Waals surface area contributed by atoms with Crippen LogP contribution in [0.15, 0.2) is 0 Å². The molecule has 0 fully saturated rings. The second kappa shape index (κ2) is 42.8. The van der Waals surface area contributed by atoms with Crippen LogP contribution in [-0.2, 0) is 18.4 Å². The van der Waals surface area contributed by atoms with E-state index in [1.165, 1.54) is 199 Å². The molecule has 0 aromatic rings. The lowest BCUT2D eigenvalue weighted by molar-refractivity contribution is -0.870. The van der Waals surface area contributed by atoms with Gasteiger partial charge in [0.2, 0.25) is 5.91 Å². The van der Waals surface area contributed by atoms with Gasteiger partial charge in [-0.15, -0.1) is 0 Å². The fourth-order valence-electron chi connectivity index (χ4n) is 7.99. The number of aliphatic hydroxyl groups is 1. The Labute approximate surface area is 368 Å². The summed E-state index contributed by atoms with van der Waals surface area (Å²) < 4.78 is 23.7. The van der Waals surface area contributed by atoms with Crippen LogP contribution in [0.5, 0.6) is 0 Å². The molecule has 354 valence electrons. The summed E-state index contributed by atoms with van der Waals surface area (Å²) in [6.07, 6.45) is 48.6. The molecule has 0 rings (SSSR count). The number of hydrogen-bond acceptors (Lipinski definition) is 5. The van der Waals surface area contributed by atoms with Gasteiger partial charge in [0.05, 0.1) is 39.9 Å². The highest BCUT2D eigenvalue weighted by Gasteiger charge is 2.28. The minimum absolute atomic E-state index is 0.0787. The average Bonchev–Trinajstić information content (AvgIpc) is 3.19. The van der Waals surface area contributed by atoms with Gasteiger partial charge < -0.3 is 19.8 Å². The number of phosphoric acid groups is 1. The zero-order valence-electron chi connectivity index (χ0n) is 40.3. The van der Waals surface area contributed by atoms with Crippen molar-refractivity contribution in [1.82, 2.24) is 5.32 Å². The van der Waals surface area contributed by atoms with Crippen molar-refractivity contribution in [2.45, 2.75) is 276 Å². The molecular formula is C50H104N2O6P+. The molecule has 0 saturated heterocycles. The van der Waals surface area contributed by atoms with Gasteiger partial charge in [-0.05, 0) is 12.8 Å². The Balaban J connectivity index is 4.12. The first-order valence-corrected chi connectivity index (χ1v) is 27.4. The summed E-state index contributed by atoms with van der Waals surface area (Å²) in [5.74, 6) is -0.138. The third-order valence-corrected chi connectivity index (χ3v) is 13.1. The average molecular weight is 860 g/mol. The number of aliphatic hydroxyl groups excluding tert-OH is 1. The van der Waals surface area contributed by atoms with Gasteiger partial charge in [0.25, 0.3) is 0 Å². The summed E-state index contributed by atoms with van der Waals surface area (Å²) in [6.45, 7) is 4.92. The Morgan fingerprint density at radius 3 is 1.14 bits per heavy atom. The minimum atomic E-state index is -4.31. The van der Waals surface area contributed by atoms with Crippen LogP contribution >= 0.6 is 7.82 Å². The number of carbonyl (C=O) groups is 1. The molecule has 1 amide bonds. The summed E-state index contributed by atoms with van der Waals surface area (Å²) >= 11 is 0. The van der Waals surface area contributed by atoms with E-state index in [0.717, 1.165) is 38.5 Å². The van der Waals surface area contributed by atoms with Crippen molar-refractivity contribution in [1.29, 1.82) is 0 Å². The lowest BCUT2D eigenvalue weighted by atomic mass is 10.0. The van der Waals surface area contributed by atoms with Crippen molar-refractivity contribution in [2.24, 2.45) is 0 Å². The van der Waals surface area contributed by atoms with Gasteiger partial charge in [-0.25, -0.2) is 4.57 Å². The molecule has 0 aliphatic carbocycles. The highest BCUT2D eigenvalue weighted by atomic mass is 31.2. The van der Waals surface area contributed by atoms with Gasteiger partial charge >= 0.3 is 7.82 Å². The maximum absolute atomic E-state index is 12.9. The van der Waals surface area contributed by atoms with E-state index in [9.17, 15) is 19.4 Å². The predicted octanol–water partition coefficient (Wildman–Crippen LogP) is 14.9. The Bertz CT molecular complexity index is 932. The first-order valence-electron chi connectivity index (χ1n) is 25.9. The molecule has 0 spiro atoms.